The van der Waals surface area contributed by atoms with Crippen molar-refractivity contribution in [3.8, 4) is 0 Å². The minimum absolute atomic E-state index is 0.0623. The van der Waals surface area contributed by atoms with Gasteiger partial charge in [0.05, 0.1) is 19.7 Å². The van der Waals surface area contributed by atoms with E-state index in [1.54, 1.807) is 12.0 Å². The molecule has 1 atom stereocenters. The second kappa shape index (κ2) is 8.12. The van der Waals surface area contributed by atoms with Gasteiger partial charge in [-0.1, -0.05) is 12.8 Å². The fraction of sp³-hybridized carbons (Fsp3) is 0.846. The SMILES string of the molecule is COCC(C)NC(=O)CN(CC(=O)O)C1CCCC1. The van der Waals surface area contributed by atoms with Gasteiger partial charge < -0.3 is 15.2 Å². The van der Waals surface area contributed by atoms with Gasteiger partial charge in [0.2, 0.25) is 5.91 Å². The summed E-state index contributed by atoms with van der Waals surface area (Å²) in [6, 6.07) is 0.160. The Morgan fingerprint density at radius 3 is 2.53 bits per heavy atom. The Morgan fingerprint density at radius 1 is 1.37 bits per heavy atom. The molecule has 1 saturated carbocycles. The van der Waals surface area contributed by atoms with Crippen molar-refractivity contribution in [3.05, 3.63) is 0 Å². The molecule has 110 valence electrons. The molecule has 0 radical (unpaired) electrons. The van der Waals surface area contributed by atoms with Gasteiger partial charge in [-0.25, -0.2) is 0 Å². The van der Waals surface area contributed by atoms with Crippen LogP contribution >= 0.6 is 0 Å². The second-order valence-electron chi connectivity index (χ2n) is 5.16. The number of carboxylic acid groups (broad SMARTS) is 1. The summed E-state index contributed by atoms with van der Waals surface area (Å²) in [6.45, 7) is 2.38. The summed E-state index contributed by atoms with van der Waals surface area (Å²) in [4.78, 5) is 24.5. The van der Waals surface area contributed by atoms with Crippen LogP contribution in [-0.4, -0.2) is 60.8 Å². The van der Waals surface area contributed by atoms with Crippen molar-refractivity contribution in [1.82, 2.24) is 10.2 Å². The molecule has 1 aliphatic carbocycles. The van der Waals surface area contributed by atoms with Gasteiger partial charge in [-0.15, -0.1) is 0 Å². The number of methoxy groups -OCH3 is 1. The highest BCUT2D eigenvalue weighted by Gasteiger charge is 2.26. The largest absolute Gasteiger partial charge is 0.480 e. The predicted molar refractivity (Wildman–Crippen MR) is 70.9 cm³/mol. The predicted octanol–water partition coefficient (Wildman–Crippen LogP) is 0.467. The van der Waals surface area contributed by atoms with Crippen LogP contribution in [0.1, 0.15) is 32.6 Å². The minimum atomic E-state index is -0.885. The molecule has 0 aromatic carbocycles. The molecule has 1 aliphatic rings. The molecule has 6 heteroatoms. The van der Waals surface area contributed by atoms with Gasteiger partial charge in [0, 0.05) is 19.2 Å². The topological polar surface area (TPSA) is 78.9 Å². The summed E-state index contributed by atoms with van der Waals surface area (Å²) in [7, 11) is 1.58. The van der Waals surface area contributed by atoms with Crippen LogP contribution in [0.5, 0.6) is 0 Å². The molecule has 1 rings (SSSR count). The zero-order chi connectivity index (χ0) is 14.3. The van der Waals surface area contributed by atoms with Crippen LogP contribution in [0.4, 0.5) is 0 Å². The molecule has 0 bridgehead atoms. The molecule has 1 amide bonds. The first-order chi connectivity index (χ1) is 9.02. The van der Waals surface area contributed by atoms with E-state index in [1.165, 1.54) is 0 Å². The Bertz CT molecular complexity index is 303. The lowest BCUT2D eigenvalue weighted by Crippen LogP contribution is -2.47. The monoisotopic (exact) mass is 272 g/mol. The number of hydrogen-bond donors (Lipinski definition) is 2. The van der Waals surface area contributed by atoms with E-state index in [4.69, 9.17) is 9.84 Å². The summed E-state index contributed by atoms with van der Waals surface area (Å²) in [5.74, 6) is -1.03. The molecule has 19 heavy (non-hydrogen) atoms. The highest BCUT2D eigenvalue weighted by Crippen LogP contribution is 2.23. The summed E-state index contributed by atoms with van der Waals surface area (Å²) in [6.07, 6.45) is 4.19. The first-order valence-electron chi connectivity index (χ1n) is 6.77. The third kappa shape index (κ3) is 6.02. The highest BCUT2D eigenvalue weighted by atomic mass is 16.5. The van der Waals surface area contributed by atoms with Gasteiger partial charge in [-0.3, -0.25) is 14.5 Å². The van der Waals surface area contributed by atoms with Gasteiger partial charge in [0.25, 0.3) is 0 Å². The Hall–Kier alpha value is -1.14. The normalized spacial score (nSPS) is 17.6. The fourth-order valence-corrected chi connectivity index (χ4v) is 2.55. The number of amides is 1. The lowest BCUT2D eigenvalue weighted by Gasteiger charge is -2.27. The van der Waals surface area contributed by atoms with Crippen LogP contribution in [0.3, 0.4) is 0 Å². The second-order valence-corrected chi connectivity index (χ2v) is 5.16. The standard InChI is InChI=1S/C13H24N2O4/c1-10(9-19-2)14-12(16)7-15(8-13(17)18)11-5-3-4-6-11/h10-11H,3-9H2,1-2H3,(H,14,16)(H,17,18). The lowest BCUT2D eigenvalue weighted by atomic mass is 10.2. The summed E-state index contributed by atoms with van der Waals surface area (Å²) < 4.78 is 4.95. The number of rotatable bonds is 8. The molecule has 1 fully saturated rings. The van der Waals surface area contributed by atoms with Gasteiger partial charge in [-0.2, -0.15) is 0 Å². The van der Waals surface area contributed by atoms with E-state index in [0.717, 1.165) is 25.7 Å². The maximum Gasteiger partial charge on any atom is 0.317 e. The summed E-state index contributed by atoms with van der Waals surface area (Å²) in [5, 5.41) is 11.7. The Balaban J connectivity index is 2.46. The smallest absolute Gasteiger partial charge is 0.317 e. The van der Waals surface area contributed by atoms with Gasteiger partial charge in [0.1, 0.15) is 0 Å². The molecule has 6 nitrogen and oxygen atoms in total. The summed E-state index contributed by atoms with van der Waals surface area (Å²) >= 11 is 0. The van der Waals surface area contributed by atoms with E-state index in [-0.39, 0.29) is 31.1 Å². The number of carbonyl (C=O) groups is 2. The number of ether oxygens (including phenoxy) is 1. The van der Waals surface area contributed by atoms with Gasteiger partial charge in [-0.05, 0) is 19.8 Å². The third-order valence-electron chi connectivity index (χ3n) is 3.35. The van der Waals surface area contributed by atoms with E-state index in [2.05, 4.69) is 5.32 Å². The van der Waals surface area contributed by atoms with Crippen LogP contribution in [0.25, 0.3) is 0 Å². The van der Waals surface area contributed by atoms with Crippen LogP contribution in [0, 0.1) is 0 Å². The molecule has 2 N–H and O–H groups in total. The van der Waals surface area contributed by atoms with Crippen molar-refractivity contribution in [2.75, 3.05) is 26.8 Å². The lowest BCUT2D eigenvalue weighted by molar-refractivity contribution is -0.139. The van der Waals surface area contributed by atoms with Gasteiger partial charge >= 0.3 is 5.97 Å². The molecule has 0 aromatic heterocycles. The quantitative estimate of drug-likeness (QED) is 0.671. The zero-order valence-corrected chi connectivity index (χ0v) is 11.7. The Kier molecular flexibility index (Phi) is 6.80. The van der Waals surface area contributed by atoms with Crippen LogP contribution in [-0.2, 0) is 14.3 Å². The molecule has 0 spiro atoms. The van der Waals surface area contributed by atoms with Crippen LogP contribution in [0.15, 0.2) is 0 Å². The van der Waals surface area contributed by atoms with Crippen molar-refractivity contribution < 1.29 is 19.4 Å². The minimum Gasteiger partial charge on any atom is -0.480 e. The molecule has 0 aliphatic heterocycles. The number of nitrogens with one attached hydrogen (secondary N) is 1. The number of hydrogen-bond acceptors (Lipinski definition) is 4. The molecule has 1 unspecified atom stereocenters. The molecule has 0 heterocycles. The summed E-state index contributed by atoms with van der Waals surface area (Å²) in [5.41, 5.74) is 0. The van der Waals surface area contributed by atoms with E-state index in [9.17, 15) is 9.59 Å². The molecule has 0 saturated heterocycles. The molecular formula is C13H24N2O4. The maximum atomic E-state index is 11.9. The molecule has 0 aromatic rings. The van der Waals surface area contributed by atoms with Crippen LogP contribution in [0.2, 0.25) is 0 Å². The molecular weight excluding hydrogens is 248 g/mol. The first-order valence-corrected chi connectivity index (χ1v) is 6.77. The van der Waals surface area contributed by atoms with E-state index >= 15 is 0 Å². The van der Waals surface area contributed by atoms with Crippen molar-refractivity contribution in [2.24, 2.45) is 0 Å². The van der Waals surface area contributed by atoms with E-state index in [0.29, 0.717) is 6.61 Å². The van der Waals surface area contributed by atoms with Crippen molar-refractivity contribution in [1.29, 1.82) is 0 Å². The average molecular weight is 272 g/mol. The number of carbonyl (C=O) groups excluding carboxylic acids is 1. The van der Waals surface area contributed by atoms with Gasteiger partial charge in [0.15, 0.2) is 0 Å². The van der Waals surface area contributed by atoms with Crippen molar-refractivity contribution in [2.45, 2.75) is 44.7 Å². The maximum absolute atomic E-state index is 11.9. The third-order valence-corrected chi connectivity index (χ3v) is 3.35. The average Bonchev–Trinajstić information content (AvgIpc) is 2.80. The number of aliphatic carboxylic acids is 1. The van der Waals surface area contributed by atoms with Crippen LogP contribution < -0.4 is 5.32 Å². The number of nitrogens with zero attached hydrogens (tertiary/aromatic N) is 1. The van der Waals surface area contributed by atoms with Crippen molar-refractivity contribution in [3.63, 3.8) is 0 Å². The highest BCUT2D eigenvalue weighted by molar-refractivity contribution is 5.79. The first kappa shape index (κ1) is 15.9. The van der Waals surface area contributed by atoms with Crippen molar-refractivity contribution >= 4 is 11.9 Å². The van der Waals surface area contributed by atoms with E-state index in [1.807, 2.05) is 6.92 Å². The van der Waals surface area contributed by atoms with E-state index < -0.39 is 5.97 Å². The Morgan fingerprint density at radius 2 is 2.00 bits per heavy atom. The number of carboxylic acids is 1. The Labute approximate surface area is 114 Å². The zero-order valence-electron chi connectivity index (χ0n) is 11.7. The fourth-order valence-electron chi connectivity index (χ4n) is 2.55.